The number of benzene rings is 2. The fourth-order valence-electron chi connectivity index (χ4n) is 4.23. The van der Waals surface area contributed by atoms with E-state index in [-0.39, 0.29) is 30.2 Å². The molecule has 3 N–H and O–H groups in total. The van der Waals surface area contributed by atoms with Gasteiger partial charge in [0.05, 0.1) is 17.8 Å². The third-order valence-corrected chi connectivity index (χ3v) is 6.21. The molecule has 3 aromatic rings. The van der Waals surface area contributed by atoms with Crippen molar-refractivity contribution in [3.63, 3.8) is 0 Å². The van der Waals surface area contributed by atoms with E-state index in [4.69, 9.17) is 0 Å². The lowest BCUT2D eigenvalue weighted by Gasteiger charge is -2.30. The van der Waals surface area contributed by atoms with Crippen LogP contribution >= 0.6 is 0 Å². The normalized spacial score (nSPS) is 14.2. The maximum Gasteiger partial charge on any atom is 0.257 e. The molecule has 8 heteroatoms. The predicted molar refractivity (Wildman–Crippen MR) is 141 cm³/mol. The number of carbonyl (C=O) groups excluding carboxylic acids is 3. The Hall–Kier alpha value is -4.04. The van der Waals surface area contributed by atoms with Crippen LogP contribution in [0.15, 0.2) is 66.9 Å². The fraction of sp³-hybridized carbons (Fsp3) is 0.286. The van der Waals surface area contributed by atoms with Gasteiger partial charge in [-0.15, -0.1) is 0 Å². The Kier molecular flexibility index (Phi) is 8.07. The summed E-state index contributed by atoms with van der Waals surface area (Å²) in [6.45, 7) is 5.38. The molecule has 3 amide bonds. The van der Waals surface area contributed by atoms with Crippen molar-refractivity contribution in [2.45, 2.75) is 26.7 Å². The third kappa shape index (κ3) is 6.76. The van der Waals surface area contributed by atoms with E-state index in [0.717, 1.165) is 11.1 Å². The van der Waals surface area contributed by atoms with Crippen molar-refractivity contribution in [3.05, 3.63) is 83.6 Å². The number of para-hydroxylation sites is 1. The number of nitrogens with one attached hydrogen (secondary N) is 3. The van der Waals surface area contributed by atoms with E-state index in [2.05, 4.69) is 20.9 Å². The average Bonchev–Trinajstić information content (AvgIpc) is 2.86. The Balaban J connectivity index is 1.28. The number of pyridine rings is 1. The maximum absolute atomic E-state index is 12.9. The molecular weight excluding hydrogens is 454 g/mol. The number of carbonyl (C=O) groups is 3. The molecule has 2 aromatic carbocycles. The Morgan fingerprint density at radius 3 is 2.39 bits per heavy atom. The molecule has 0 spiro atoms. The van der Waals surface area contributed by atoms with Crippen molar-refractivity contribution in [2.24, 2.45) is 5.92 Å². The van der Waals surface area contributed by atoms with Crippen LogP contribution in [0.5, 0.6) is 0 Å². The number of aromatic nitrogens is 1. The van der Waals surface area contributed by atoms with Gasteiger partial charge in [0.2, 0.25) is 11.8 Å². The van der Waals surface area contributed by atoms with Crippen LogP contribution in [0.2, 0.25) is 0 Å². The molecule has 0 aliphatic carbocycles. The van der Waals surface area contributed by atoms with Crippen molar-refractivity contribution < 1.29 is 14.4 Å². The second-order valence-electron chi connectivity index (χ2n) is 9.18. The number of hydrogen-bond acceptors (Lipinski definition) is 5. The second-order valence-corrected chi connectivity index (χ2v) is 9.18. The molecule has 4 rings (SSSR count). The molecular formula is C28H31N5O3. The van der Waals surface area contributed by atoms with Crippen LogP contribution in [-0.2, 0) is 9.59 Å². The van der Waals surface area contributed by atoms with Crippen LogP contribution in [-0.4, -0.2) is 47.2 Å². The smallest absolute Gasteiger partial charge is 0.257 e. The van der Waals surface area contributed by atoms with Gasteiger partial charge in [-0.25, -0.2) is 4.98 Å². The summed E-state index contributed by atoms with van der Waals surface area (Å²) in [5, 5.41) is 8.64. The molecule has 0 saturated carbocycles. The lowest BCUT2D eigenvalue weighted by Crippen LogP contribution is -2.42. The number of hydrogen-bond donors (Lipinski definition) is 3. The monoisotopic (exact) mass is 485 g/mol. The lowest BCUT2D eigenvalue weighted by atomic mass is 9.96. The van der Waals surface area contributed by atoms with E-state index in [9.17, 15) is 14.4 Å². The van der Waals surface area contributed by atoms with Gasteiger partial charge in [0, 0.05) is 17.8 Å². The molecule has 0 bridgehead atoms. The highest BCUT2D eigenvalue weighted by molar-refractivity contribution is 6.10. The highest BCUT2D eigenvalue weighted by atomic mass is 16.2. The zero-order valence-corrected chi connectivity index (χ0v) is 20.6. The second kappa shape index (κ2) is 11.6. The SMILES string of the molecule is Cc1ccc(NC(=O)C2CCN(CC(=O)Nc3ccccc3C(=O)Nc3cccc(C)c3)CC2)nc1. The molecule has 0 radical (unpaired) electrons. The Bertz CT molecular complexity index is 1230. The molecule has 1 fully saturated rings. The van der Waals surface area contributed by atoms with Crippen molar-refractivity contribution in [3.8, 4) is 0 Å². The molecule has 1 aliphatic rings. The van der Waals surface area contributed by atoms with Crippen molar-refractivity contribution in [1.82, 2.24) is 9.88 Å². The van der Waals surface area contributed by atoms with E-state index in [0.29, 0.717) is 48.7 Å². The fourth-order valence-corrected chi connectivity index (χ4v) is 4.23. The van der Waals surface area contributed by atoms with Crippen molar-refractivity contribution >= 4 is 34.9 Å². The molecule has 36 heavy (non-hydrogen) atoms. The molecule has 2 heterocycles. The van der Waals surface area contributed by atoms with E-state index < -0.39 is 0 Å². The number of likely N-dealkylation sites (tertiary alicyclic amines) is 1. The first kappa shape index (κ1) is 25.1. The zero-order chi connectivity index (χ0) is 25.5. The summed E-state index contributed by atoms with van der Waals surface area (Å²) in [5.74, 6) is -0.0797. The van der Waals surface area contributed by atoms with E-state index in [1.54, 1.807) is 36.5 Å². The summed E-state index contributed by atoms with van der Waals surface area (Å²) >= 11 is 0. The molecule has 1 saturated heterocycles. The number of piperidine rings is 1. The summed E-state index contributed by atoms with van der Waals surface area (Å²) in [6.07, 6.45) is 3.06. The summed E-state index contributed by atoms with van der Waals surface area (Å²) < 4.78 is 0. The van der Waals surface area contributed by atoms with Gasteiger partial charge in [-0.3, -0.25) is 19.3 Å². The number of nitrogens with zero attached hydrogens (tertiary/aromatic N) is 2. The third-order valence-electron chi connectivity index (χ3n) is 6.21. The van der Waals surface area contributed by atoms with Crippen LogP contribution in [0.3, 0.4) is 0 Å². The minimum atomic E-state index is -0.286. The number of aryl methyl sites for hydroxylation is 2. The first-order valence-electron chi connectivity index (χ1n) is 12.1. The van der Waals surface area contributed by atoms with E-state index in [1.165, 1.54) is 0 Å². The summed E-state index contributed by atoms with van der Waals surface area (Å²) in [6, 6.07) is 18.2. The van der Waals surface area contributed by atoms with Crippen LogP contribution in [0, 0.1) is 19.8 Å². The van der Waals surface area contributed by atoms with Gasteiger partial charge in [-0.2, -0.15) is 0 Å². The molecule has 0 atom stereocenters. The first-order chi connectivity index (χ1) is 17.4. The maximum atomic E-state index is 12.9. The molecule has 8 nitrogen and oxygen atoms in total. The van der Waals surface area contributed by atoms with Crippen molar-refractivity contribution in [1.29, 1.82) is 0 Å². The van der Waals surface area contributed by atoms with Gasteiger partial charge in [-0.05, 0) is 81.2 Å². The Morgan fingerprint density at radius 1 is 0.889 bits per heavy atom. The van der Waals surface area contributed by atoms with Crippen LogP contribution in [0.1, 0.15) is 34.3 Å². The average molecular weight is 486 g/mol. The largest absolute Gasteiger partial charge is 0.324 e. The molecule has 1 aliphatic heterocycles. The van der Waals surface area contributed by atoms with Crippen LogP contribution in [0.4, 0.5) is 17.2 Å². The van der Waals surface area contributed by atoms with Gasteiger partial charge in [-0.1, -0.05) is 30.3 Å². The number of amides is 3. The highest BCUT2D eigenvalue weighted by Gasteiger charge is 2.26. The minimum absolute atomic E-state index is 0.0380. The van der Waals surface area contributed by atoms with Crippen molar-refractivity contribution in [2.75, 3.05) is 35.6 Å². The minimum Gasteiger partial charge on any atom is -0.324 e. The van der Waals surface area contributed by atoms with Gasteiger partial charge >= 0.3 is 0 Å². The summed E-state index contributed by atoms with van der Waals surface area (Å²) in [5.41, 5.74) is 3.64. The van der Waals surface area contributed by atoms with Crippen LogP contribution < -0.4 is 16.0 Å². The summed E-state index contributed by atoms with van der Waals surface area (Å²) in [4.78, 5) is 44.5. The Morgan fingerprint density at radius 2 is 1.67 bits per heavy atom. The zero-order valence-electron chi connectivity index (χ0n) is 20.6. The standard InChI is InChI=1S/C28H31N5O3/c1-19-6-5-7-22(16-19)30-28(36)23-8-3-4-9-24(23)31-26(34)18-33-14-12-21(13-15-33)27(35)32-25-11-10-20(2)17-29-25/h3-11,16-17,21H,12-15,18H2,1-2H3,(H,30,36)(H,31,34)(H,29,32,35). The molecule has 0 unspecified atom stereocenters. The lowest BCUT2D eigenvalue weighted by molar-refractivity contribution is -0.121. The molecule has 1 aromatic heterocycles. The number of anilines is 3. The topological polar surface area (TPSA) is 103 Å². The Labute approximate surface area is 211 Å². The quantitative estimate of drug-likeness (QED) is 0.465. The van der Waals surface area contributed by atoms with E-state index >= 15 is 0 Å². The van der Waals surface area contributed by atoms with Gasteiger partial charge in [0.25, 0.3) is 5.91 Å². The number of rotatable bonds is 7. The van der Waals surface area contributed by atoms with Gasteiger partial charge in [0.1, 0.15) is 5.82 Å². The van der Waals surface area contributed by atoms with Crippen LogP contribution in [0.25, 0.3) is 0 Å². The van der Waals surface area contributed by atoms with Gasteiger partial charge < -0.3 is 16.0 Å². The summed E-state index contributed by atoms with van der Waals surface area (Å²) in [7, 11) is 0. The predicted octanol–water partition coefficient (Wildman–Crippen LogP) is 4.24. The molecule has 186 valence electrons. The van der Waals surface area contributed by atoms with E-state index in [1.807, 2.05) is 49.1 Å². The van der Waals surface area contributed by atoms with Gasteiger partial charge in [0.15, 0.2) is 0 Å². The highest BCUT2D eigenvalue weighted by Crippen LogP contribution is 2.21. The first-order valence-corrected chi connectivity index (χ1v) is 12.1.